The molecule has 3 aromatic rings. The predicted octanol–water partition coefficient (Wildman–Crippen LogP) is 7.25. The molecule has 0 aliphatic carbocycles. The van der Waals surface area contributed by atoms with Crippen molar-refractivity contribution in [1.29, 1.82) is 5.26 Å². The number of carbonyl (C=O) groups is 1. The highest BCUT2D eigenvalue weighted by Gasteiger charge is 2.39. The van der Waals surface area contributed by atoms with Gasteiger partial charge in [0.1, 0.15) is 16.7 Å². The van der Waals surface area contributed by atoms with Crippen molar-refractivity contribution in [3.63, 3.8) is 0 Å². The van der Waals surface area contributed by atoms with E-state index in [0.29, 0.717) is 35.2 Å². The molecule has 2 unspecified atom stereocenters. The first-order valence-corrected chi connectivity index (χ1v) is 15.5. The van der Waals surface area contributed by atoms with Crippen molar-refractivity contribution >= 4 is 29.5 Å². The standard InChI is InChI=1S/C33H43N7OS/c1-8-25(26-19-23(11-10-17-34)16-18-35-26)36-28-12-9-13-29(38-28)42-39-31(41)24-14-15-27(32(3,4)5)37-30(24)40-21-22(2)20-33(40,6)7/h9,12-16,18-19,22,25H,8,10-11,20-21H2,1-7H3,(H,36,38)(H,39,41). The average molecular weight is 586 g/mol. The van der Waals surface area contributed by atoms with Gasteiger partial charge in [0.05, 0.1) is 23.4 Å². The largest absolute Gasteiger partial charge is 0.362 e. The number of aryl methyl sites for hydroxylation is 1. The Hall–Kier alpha value is -3.64. The Morgan fingerprint density at radius 1 is 1.21 bits per heavy atom. The van der Waals surface area contributed by atoms with Crippen LogP contribution in [0.15, 0.2) is 53.7 Å². The van der Waals surface area contributed by atoms with Crippen molar-refractivity contribution in [2.75, 3.05) is 16.8 Å². The van der Waals surface area contributed by atoms with Gasteiger partial charge in [0.25, 0.3) is 5.91 Å². The van der Waals surface area contributed by atoms with Gasteiger partial charge in [0, 0.05) is 47.8 Å². The van der Waals surface area contributed by atoms with Crippen molar-refractivity contribution in [2.45, 2.75) is 96.2 Å². The Morgan fingerprint density at radius 3 is 2.67 bits per heavy atom. The van der Waals surface area contributed by atoms with E-state index in [1.807, 2.05) is 36.4 Å². The Morgan fingerprint density at radius 2 is 2.00 bits per heavy atom. The summed E-state index contributed by atoms with van der Waals surface area (Å²) in [6, 6.07) is 15.8. The number of pyridine rings is 3. The molecule has 42 heavy (non-hydrogen) atoms. The lowest BCUT2D eigenvalue weighted by atomic mass is 9.91. The second-order valence-corrected chi connectivity index (χ2v) is 13.6. The fraction of sp³-hybridized carbons (Fsp3) is 0.485. The van der Waals surface area contributed by atoms with Crippen molar-refractivity contribution in [1.82, 2.24) is 19.7 Å². The van der Waals surface area contributed by atoms with Gasteiger partial charge in [-0.05, 0) is 81.0 Å². The van der Waals surface area contributed by atoms with E-state index >= 15 is 0 Å². The van der Waals surface area contributed by atoms with Crippen LogP contribution >= 0.6 is 11.9 Å². The number of aromatic nitrogens is 3. The second kappa shape index (κ2) is 13.1. The molecule has 222 valence electrons. The quantitative estimate of drug-likeness (QED) is 0.240. The number of nitrogens with one attached hydrogen (secondary N) is 2. The molecule has 2 atom stereocenters. The number of anilines is 2. The molecule has 0 saturated carbocycles. The topological polar surface area (TPSA) is 107 Å². The lowest BCUT2D eigenvalue weighted by Gasteiger charge is -2.34. The van der Waals surface area contributed by atoms with Gasteiger partial charge in [-0.3, -0.25) is 14.5 Å². The van der Waals surface area contributed by atoms with Crippen LogP contribution in [-0.2, 0) is 11.8 Å². The minimum atomic E-state index is -0.191. The Bertz CT molecular complexity index is 1440. The summed E-state index contributed by atoms with van der Waals surface area (Å²) in [5.74, 6) is 1.78. The summed E-state index contributed by atoms with van der Waals surface area (Å²) >= 11 is 1.20. The highest BCUT2D eigenvalue weighted by molar-refractivity contribution is 7.97. The number of amides is 1. The van der Waals surface area contributed by atoms with E-state index in [9.17, 15) is 4.79 Å². The van der Waals surface area contributed by atoms with E-state index in [2.05, 4.69) is 80.5 Å². The number of rotatable bonds is 10. The molecule has 9 heteroatoms. The maximum absolute atomic E-state index is 13.6. The molecule has 1 amide bonds. The minimum absolute atomic E-state index is 0.0319. The first-order valence-electron chi connectivity index (χ1n) is 14.7. The number of carbonyl (C=O) groups excluding carboxylic acids is 1. The molecule has 3 aromatic heterocycles. The highest BCUT2D eigenvalue weighted by atomic mass is 32.2. The Kier molecular flexibility index (Phi) is 9.78. The average Bonchev–Trinajstić information content (AvgIpc) is 3.24. The lowest BCUT2D eigenvalue weighted by Crippen LogP contribution is -2.40. The number of hydrogen-bond acceptors (Lipinski definition) is 8. The van der Waals surface area contributed by atoms with Gasteiger partial charge in [-0.2, -0.15) is 5.26 Å². The third-order valence-corrected chi connectivity index (χ3v) is 8.37. The third kappa shape index (κ3) is 7.60. The first-order chi connectivity index (χ1) is 19.9. The van der Waals surface area contributed by atoms with E-state index in [1.165, 1.54) is 11.9 Å². The molecule has 1 aliphatic heterocycles. The molecule has 2 N–H and O–H groups in total. The number of hydrogen-bond donors (Lipinski definition) is 2. The summed E-state index contributed by atoms with van der Waals surface area (Å²) in [5, 5.41) is 13.1. The van der Waals surface area contributed by atoms with E-state index in [-0.39, 0.29) is 22.9 Å². The molecule has 1 fully saturated rings. The van der Waals surface area contributed by atoms with Crippen LogP contribution < -0.4 is 14.9 Å². The van der Waals surface area contributed by atoms with E-state index in [0.717, 1.165) is 42.2 Å². The van der Waals surface area contributed by atoms with Crippen molar-refractivity contribution in [2.24, 2.45) is 5.92 Å². The van der Waals surface area contributed by atoms with Crippen LogP contribution in [0.4, 0.5) is 11.6 Å². The molecule has 8 nitrogen and oxygen atoms in total. The molecule has 0 spiro atoms. The van der Waals surface area contributed by atoms with Crippen LogP contribution in [0, 0.1) is 17.2 Å². The van der Waals surface area contributed by atoms with Gasteiger partial charge in [-0.1, -0.05) is 40.7 Å². The predicted molar refractivity (Wildman–Crippen MR) is 171 cm³/mol. The van der Waals surface area contributed by atoms with Crippen LogP contribution in [0.2, 0.25) is 0 Å². The Balaban J connectivity index is 1.50. The van der Waals surface area contributed by atoms with Gasteiger partial charge in [-0.15, -0.1) is 0 Å². The van der Waals surface area contributed by atoms with Crippen molar-refractivity contribution in [3.05, 3.63) is 71.2 Å². The zero-order valence-corrected chi connectivity index (χ0v) is 26.7. The third-order valence-electron chi connectivity index (χ3n) is 7.65. The van der Waals surface area contributed by atoms with E-state index < -0.39 is 0 Å². The summed E-state index contributed by atoms with van der Waals surface area (Å²) in [7, 11) is 0. The summed E-state index contributed by atoms with van der Waals surface area (Å²) in [6.45, 7) is 16.1. The van der Waals surface area contributed by atoms with Crippen molar-refractivity contribution in [3.8, 4) is 6.07 Å². The minimum Gasteiger partial charge on any atom is -0.362 e. The van der Waals surface area contributed by atoms with E-state index in [4.69, 9.17) is 15.2 Å². The molecule has 4 heterocycles. The monoisotopic (exact) mass is 585 g/mol. The highest BCUT2D eigenvalue weighted by Crippen LogP contribution is 2.38. The molecule has 0 aromatic carbocycles. The number of nitrogens with zero attached hydrogens (tertiary/aromatic N) is 5. The van der Waals surface area contributed by atoms with Crippen LogP contribution in [0.25, 0.3) is 0 Å². The lowest BCUT2D eigenvalue weighted by molar-refractivity contribution is 0.0984. The molecular weight excluding hydrogens is 542 g/mol. The maximum atomic E-state index is 13.6. The van der Waals surface area contributed by atoms with Crippen molar-refractivity contribution < 1.29 is 4.79 Å². The zero-order chi connectivity index (χ0) is 30.5. The molecular formula is C33H43N7OS. The molecule has 0 bridgehead atoms. The van der Waals surface area contributed by atoms with Crippen LogP contribution in [0.1, 0.15) is 101 Å². The van der Waals surface area contributed by atoms with Gasteiger partial charge in [-0.25, -0.2) is 9.97 Å². The van der Waals surface area contributed by atoms with Crippen LogP contribution in [-0.4, -0.2) is 32.9 Å². The van der Waals surface area contributed by atoms with Gasteiger partial charge in [0.2, 0.25) is 0 Å². The maximum Gasteiger partial charge on any atom is 0.265 e. The van der Waals surface area contributed by atoms with E-state index in [1.54, 1.807) is 6.20 Å². The SMILES string of the molecule is CCC(Nc1cccc(SNC(=O)c2ccc(C(C)(C)C)nc2N2CC(C)CC2(C)C)n1)c1cc(CCC#N)ccn1. The first kappa shape index (κ1) is 31.3. The van der Waals surface area contributed by atoms with Gasteiger partial charge >= 0.3 is 0 Å². The molecule has 1 aliphatic rings. The van der Waals surface area contributed by atoms with Crippen LogP contribution in [0.3, 0.4) is 0 Å². The normalized spacial score (nSPS) is 17.0. The molecule has 4 rings (SSSR count). The molecule has 0 radical (unpaired) electrons. The fourth-order valence-electron chi connectivity index (χ4n) is 5.52. The molecule has 1 saturated heterocycles. The second-order valence-electron chi connectivity index (χ2n) is 12.8. The Labute approximate surface area is 254 Å². The fourth-order valence-corrected chi connectivity index (χ4v) is 6.12. The number of nitriles is 1. The van der Waals surface area contributed by atoms with Gasteiger partial charge < -0.3 is 10.2 Å². The summed E-state index contributed by atoms with van der Waals surface area (Å²) in [5.41, 5.74) is 3.33. The van der Waals surface area contributed by atoms with Gasteiger partial charge in [0.15, 0.2) is 0 Å². The summed E-state index contributed by atoms with van der Waals surface area (Å²) in [4.78, 5) is 30.2. The summed E-state index contributed by atoms with van der Waals surface area (Å²) in [6.07, 6.45) is 4.84. The summed E-state index contributed by atoms with van der Waals surface area (Å²) < 4.78 is 3.01. The van der Waals surface area contributed by atoms with Crippen LogP contribution in [0.5, 0.6) is 0 Å². The smallest absolute Gasteiger partial charge is 0.265 e. The zero-order valence-electron chi connectivity index (χ0n) is 25.9.